The molecule has 0 bridgehead atoms. The molecule has 1 aliphatic heterocycles. The van der Waals surface area contributed by atoms with Crippen molar-refractivity contribution in [1.82, 2.24) is 9.13 Å². The predicted molar refractivity (Wildman–Crippen MR) is 225 cm³/mol. The van der Waals surface area contributed by atoms with Crippen molar-refractivity contribution in [2.45, 2.75) is 13.0 Å². The highest BCUT2D eigenvalue weighted by Crippen LogP contribution is 2.40. The van der Waals surface area contributed by atoms with Crippen molar-refractivity contribution in [3.05, 3.63) is 186 Å². The zero-order chi connectivity index (χ0) is 38.8. The van der Waals surface area contributed by atoms with Gasteiger partial charge in [0.2, 0.25) is 0 Å². The molecule has 0 saturated heterocycles. The molecule has 5 aromatic carbocycles. The molecule has 0 aliphatic carbocycles. The third-order valence-electron chi connectivity index (χ3n) is 9.62. The minimum absolute atomic E-state index is 0.148. The topological polar surface area (TPSA) is 84.1 Å². The second kappa shape index (κ2) is 15.9. The molecule has 8 nitrogen and oxygen atoms in total. The number of halogens is 1. The molecule has 0 saturated carbocycles. The predicted octanol–water partition coefficient (Wildman–Crippen LogP) is 8.84. The van der Waals surface area contributed by atoms with Gasteiger partial charge in [-0.1, -0.05) is 124 Å². The highest BCUT2D eigenvalue weighted by atomic mass is 79.9. The Balaban J connectivity index is 1.44. The van der Waals surface area contributed by atoms with Gasteiger partial charge in [0.25, 0.3) is 5.56 Å². The van der Waals surface area contributed by atoms with Gasteiger partial charge in [0, 0.05) is 21.3 Å². The second-order valence-corrected chi connectivity index (χ2v) is 14.8. The van der Waals surface area contributed by atoms with Gasteiger partial charge in [-0.2, -0.15) is 0 Å². The van der Waals surface area contributed by atoms with E-state index in [9.17, 15) is 4.79 Å². The molecule has 0 amide bonds. The van der Waals surface area contributed by atoms with Crippen LogP contribution >= 0.6 is 27.3 Å². The smallest absolute Gasteiger partial charge is 0.338 e. The molecular formula is C46H36BrN3O5S. The van der Waals surface area contributed by atoms with Crippen LogP contribution in [-0.2, 0) is 9.53 Å². The second-order valence-electron chi connectivity index (χ2n) is 12.9. The molecule has 0 fully saturated rings. The molecule has 1 aliphatic rings. The summed E-state index contributed by atoms with van der Waals surface area (Å²) in [6.07, 6.45) is 1.94. The van der Waals surface area contributed by atoms with E-state index >= 15 is 4.79 Å². The lowest BCUT2D eigenvalue weighted by Crippen LogP contribution is -2.40. The fraction of sp³-hybridized carbons (Fsp3) is 0.109. The van der Waals surface area contributed by atoms with E-state index in [-0.39, 0.29) is 17.7 Å². The van der Waals surface area contributed by atoms with Crippen LogP contribution in [0.15, 0.2) is 159 Å². The fourth-order valence-electron chi connectivity index (χ4n) is 7.13. The fourth-order valence-corrected chi connectivity index (χ4v) is 8.39. The van der Waals surface area contributed by atoms with Crippen LogP contribution in [0.1, 0.15) is 29.7 Å². The summed E-state index contributed by atoms with van der Waals surface area (Å²) in [6, 6.07) is 44.7. The zero-order valence-electron chi connectivity index (χ0n) is 30.8. The molecule has 1 atom stereocenters. The first-order chi connectivity index (χ1) is 27.4. The van der Waals surface area contributed by atoms with E-state index in [4.69, 9.17) is 19.2 Å². The molecule has 0 spiro atoms. The van der Waals surface area contributed by atoms with Crippen LogP contribution in [0, 0.1) is 0 Å². The molecule has 0 N–H and O–H groups in total. The zero-order valence-corrected chi connectivity index (χ0v) is 33.2. The number of benzene rings is 5. The van der Waals surface area contributed by atoms with Gasteiger partial charge in [0.15, 0.2) is 16.3 Å². The number of carbonyl (C=O) groups is 1. The van der Waals surface area contributed by atoms with Crippen molar-refractivity contribution >= 4 is 45.0 Å². The summed E-state index contributed by atoms with van der Waals surface area (Å²) in [6.45, 7) is 1.91. The maximum Gasteiger partial charge on any atom is 0.338 e. The van der Waals surface area contributed by atoms with Gasteiger partial charge in [-0.05, 0) is 72.2 Å². The van der Waals surface area contributed by atoms with E-state index in [1.54, 1.807) is 37.8 Å². The number of hydrogen-bond acceptors (Lipinski definition) is 7. The highest BCUT2D eigenvalue weighted by Gasteiger charge is 2.36. The summed E-state index contributed by atoms with van der Waals surface area (Å²) in [4.78, 5) is 34.6. The first kappa shape index (κ1) is 36.7. The molecular weight excluding hydrogens is 786 g/mol. The average Bonchev–Trinajstić information content (AvgIpc) is 3.77. The number of rotatable bonds is 10. The number of methoxy groups -OCH3 is 2. The van der Waals surface area contributed by atoms with E-state index in [1.165, 1.54) is 11.3 Å². The largest absolute Gasteiger partial charge is 0.493 e. The Morgan fingerprint density at radius 2 is 1.41 bits per heavy atom. The van der Waals surface area contributed by atoms with Crippen LogP contribution < -0.4 is 24.4 Å². The molecule has 0 unspecified atom stereocenters. The van der Waals surface area contributed by atoms with Gasteiger partial charge >= 0.3 is 5.97 Å². The Hall–Kier alpha value is -6.23. The Bertz CT molecular complexity index is 2770. The number of aromatic nitrogens is 2. The average molecular weight is 823 g/mol. The van der Waals surface area contributed by atoms with E-state index in [1.807, 2.05) is 91.0 Å². The van der Waals surface area contributed by atoms with E-state index < -0.39 is 12.0 Å². The SMILES string of the molecule is CCOC(=O)C1=C(c2ccccc2)N=c2s/c(=C\c3cc(-c4ccccc4)n(-c4ccc(Br)cc4)c3-c3ccccc3)c(=O)n2[C@@H]1c1ccc(OC)c(OC)c1. The number of fused-ring (bicyclic) bond motifs is 1. The van der Waals surface area contributed by atoms with Crippen molar-refractivity contribution in [2.24, 2.45) is 4.99 Å². The Kier molecular flexibility index (Phi) is 10.4. The minimum atomic E-state index is -0.886. The summed E-state index contributed by atoms with van der Waals surface area (Å²) in [5.74, 6) is 0.421. The first-order valence-corrected chi connectivity index (χ1v) is 19.6. The number of carbonyl (C=O) groups excluding carboxylic acids is 1. The molecule has 8 rings (SSSR count). The quantitative estimate of drug-likeness (QED) is 0.129. The van der Waals surface area contributed by atoms with Crippen LogP contribution in [0.4, 0.5) is 0 Å². The van der Waals surface area contributed by atoms with E-state index in [2.05, 4.69) is 63.0 Å². The number of nitrogens with zero attached hydrogens (tertiary/aromatic N) is 3. The van der Waals surface area contributed by atoms with Gasteiger partial charge in [-0.3, -0.25) is 9.36 Å². The summed E-state index contributed by atoms with van der Waals surface area (Å²) in [7, 11) is 3.12. The van der Waals surface area contributed by atoms with Crippen molar-refractivity contribution in [1.29, 1.82) is 0 Å². The minimum Gasteiger partial charge on any atom is -0.493 e. The van der Waals surface area contributed by atoms with Crippen molar-refractivity contribution in [3.63, 3.8) is 0 Å². The highest BCUT2D eigenvalue weighted by molar-refractivity contribution is 9.10. The summed E-state index contributed by atoms with van der Waals surface area (Å²) >= 11 is 4.88. The number of thiazole rings is 1. The maximum atomic E-state index is 15.0. The van der Waals surface area contributed by atoms with Crippen LogP contribution in [0.3, 0.4) is 0 Å². The summed E-state index contributed by atoms with van der Waals surface area (Å²) in [5, 5.41) is 0. The van der Waals surface area contributed by atoms with Gasteiger partial charge in [-0.25, -0.2) is 9.79 Å². The normalized spacial score (nSPS) is 13.9. The van der Waals surface area contributed by atoms with Gasteiger partial charge in [-0.15, -0.1) is 0 Å². The third kappa shape index (κ3) is 6.82. The molecule has 0 radical (unpaired) electrons. The van der Waals surface area contributed by atoms with Crippen LogP contribution in [0.2, 0.25) is 0 Å². The lowest BCUT2D eigenvalue weighted by molar-refractivity contribution is -0.138. The first-order valence-electron chi connectivity index (χ1n) is 18.0. The third-order valence-corrected chi connectivity index (χ3v) is 11.1. The Morgan fingerprint density at radius 1 is 0.786 bits per heavy atom. The monoisotopic (exact) mass is 821 g/mol. The molecule has 7 aromatic rings. The Labute approximate surface area is 336 Å². The van der Waals surface area contributed by atoms with Gasteiger partial charge in [0.1, 0.15) is 0 Å². The van der Waals surface area contributed by atoms with Gasteiger partial charge in [0.05, 0.1) is 54.1 Å². The van der Waals surface area contributed by atoms with E-state index in [0.717, 1.165) is 43.8 Å². The van der Waals surface area contributed by atoms with Crippen LogP contribution in [0.25, 0.3) is 40.0 Å². The van der Waals surface area contributed by atoms with Crippen molar-refractivity contribution in [2.75, 3.05) is 20.8 Å². The molecule has 10 heteroatoms. The molecule has 2 aromatic heterocycles. The van der Waals surface area contributed by atoms with Crippen molar-refractivity contribution < 1.29 is 19.0 Å². The Morgan fingerprint density at radius 3 is 2.04 bits per heavy atom. The molecule has 56 heavy (non-hydrogen) atoms. The number of esters is 1. The summed E-state index contributed by atoms with van der Waals surface area (Å²) in [5.41, 5.74) is 7.46. The number of ether oxygens (including phenoxy) is 3. The van der Waals surface area contributed by atoms with E-state index in [0.29, 0.717) is 32.1 Å². The van der Waals surface area contributed by atoms with Crippen LogP contribution in [-0.4, -0.2) is 35.9 Å². The lowest BCUT2D eigenvalue weighted by Gasteiger charge is -2.26. The molecule has 278 valence electrons. The standard InChI is InChI=1S/C46H36BrN3O5S/c1-4-55-45(52)40-41(30-16-10-6-11-17-30)48-46-50(43(40)32-20-25-37(53-2)38(27-32)54-3)44(51)39(56-46)28-33-26-36(29-14-8-5-9-15-29)49(35-23-21-34(47)22-24-35)42(33)31-18-12-7-13-19-31/h5-28,43H,4H2,1-3H3/b39-28-/t43-/m1/s1. The lowest BCUT2D eigenvalue weighted by atomic mass is 9.93. The van der Waals surface area contributed by atoms with Crippen molar-refractivity contribution in [3.8, 4) is 39.7 Å². The number of hydrogen-bond donors (Lipinski definition) is 0. The van der Waals surface area contributed by atoms with Gasteiger partial charge < -0.3 is 18.8 Å². The summed E-state index contributed by atoms with van der Waals surface area (Å²) < 4.78 is 22.2. The van der Waals surface area contributed by atoms with Crippen LogP contribution in [0.5, 0.6) is 11.5 Å². The molecule has 3 heterocycles. The maximum absolute atomic E-state index is 15.0.